The number of nitrogens with one attached hydrogen (secondary N) is 1. The van der Waals surface area contributed by atoms with Gasteiger partial charge in [0.15, 0.2) is 12.5 Å². The highest BCUT2D eigenvalue weighted by molar-refractivity contribution is 5.88. The smallest absolute Gasteiger partial charge is 0.335 e. The molecule has 2 aliphatic rings. The lowest BCUT2D eigenvalue weighted by atomic mass is 9.96. The molecule has 9 N–H and O–H groups in total. The predicted octanol–water partition coefficient (Wildman–Crippen LogP) is -3.58. The lowest BCUT2D eigenvalue weighted by Gasteiger charge is -2.46. The first-order valence-electron chi connectivity index (χ1n) is 9.86. The fourth-order valence-corrected chi connectivity index (χ4v) is 3.58. The van der Waals surface area contributed by atoms with Gasteiger partial charge in [-0.05, 0) is 24.3 Å². The van der Waals surface area contributed by atoms with Crippen LogP contribution in [0.2, 0.25) is 0 Å². The number of hydrogen-bond acceptors (Lipinski definition) is 12. The SMILES string of the molecule is O=C(O)c1ccc(N[C@H]2O[C@H](CO)C(O[C@@H]3O[C@H](CO)[C@H](O)[C@@H](O)[C@H]3O)[C@@H](O)[C@H]2O)cc1. The summed E-state index contributed by atoms with van der Waals surface area (Å²) in [6.45, 7) is -1.35. The number of benzene rings is 1. The van der Waals surface area contributed by atoms with Crippen LogP contribution in [-0.2, 0) is 14.2 Å². The second-order valence-electron chi connectivity index (χ2n) is 7.58. The number of carbonyl (C=O) groups is 1. The molecule has 0 spiro atoms. The number of aliphatic hydroxyl groups excluding tert-OH is 7. The summed E-state index contributed by atoms with van der Waals surface area (Å²) in [6.07, 6.45) is -15.0. The Balaban J connectivity index is 1.70. The van der Waals surface area contributed by atoms with E-state index in [2.05, 4.69) is 5.32 Å². The molecule has 13 heteroatoms. The number of carboxylic acids is 1. The van der Waals surface area contributed by atoms with Crippen molar-refractivity contribution in [2.75, 3.05) is 18.5 Å². The van der Waals surface area contributed by atoms with Crippen molar-refractivity contribution >= 4 is 11.7 Å². The molecule has 2 saturated heterocycles. The predicted molar refractivity (Wildman–Crippen MR) is 103 cm³/mol. The standard InChI is InChI=1S/C19H27NO12/c21-5-9-11(23)12(24)15(27)19(31-9)32-16-10(6-22)30-17(14(26)13(16)25)20-8-3-1-7(2-4-8)18(28)29/h1-4,9-17,19-27H,5-6H2,(H,28,29)/t9-,10-,11+,12-,13+,14-,15-,16?,17+,19+/m1/s1. The molecule has 13 nitrogen and oxygen atoms in total. The van der Waals surface area contributed by atoms with Gasteiger partial charge in [0.05, 0.1) is 18.8 Å². The Morgan fingerprint density at radius 3 is 2.03 bits per heavy atom. The van der Waals surface area contributed by atoms with E-state index in [4.69, 9.17) is 19.3 Å². The van der Waals surface area contributed by atoms with Crippen molar-refractivity contribution in [1.82, 2.24) is 0 Å². The molecule has 2 heterocycles. The molecule has 0 saturated carbocycles. The minimum atomic E-state index is -1.75. The molecule has 1 unspecified atom stereocenters. The number of anilines is 1. The summed E-state index contributed by atoms with van der Waals surface area (Å²) in [5.74, 6) is -1.12. The van der Waals surface area contributed by atoms with Crippen LogP contribution in [-0.4, -0.2) is 121 Å². The average Bonchev–Trinajstić information content (AvgIpc) is 2.79. The Kier molecular flexibility index (Phi) is 8.00. The highest BCUT2D eigenvalue weighted by Gasteiger charge is 2.50. The molecule has 10 atom stereocenters. The average molecular weight is 461 g/mol. The Labute approximate surface area is 182 Å². The summed E-state index contributed by atoms with van der Waals surface area (Å²) in [5.41, 5.74) is 0.415. The lowest BCUT2D eigenvalue weighted by Crippen LogP contribution is -2.65. The molecular formula is C19H27NO12. The van der Waals surface area contributed by atoms with Gasteiger partial charge < -0.3 is 60.4 Å². The van der Waals surface area contributed by atoms with Gasteiger partial charge in [0.1, 0.15) is 48.8 Å². The number of hydrogen-bond donors (Lipinski definition) is 9. The van der Waals surface area contributed by atoms with E-state index in [1.807, 2.05) is 0 Å². The van der Waals surface area contributed by atoms with Gasteiger partial charge >= 0.3 is 5.97 Å². The van der Waals surface area contributed by atoms with Crippen molar-refractivity contribution in [3.63, 3.8) is 0 Å². The molecule has 2 aliphatic heterocycles. The zero-order valence-electron chi connectivity index (χ0n) is 16.7. The van der Waals surface area contributed by atoms with E-state index in [1.165, 1.54) is 24.3 Å². The summed E-state index contributed by atoms with van der Waals surface area (Å²) in [7, 11) is 0. The second kappa shape index (κ2) is 10.4. The van der Waals surface area contributed by atoms with Crippen LogP contribution in [0, 0.1) is 0 Å². The molecule has 0 radical (unpaired) electrons. The topological polar surface area (TPSA) is 219 Å². The van der Waals surface area contributed by atoms with Crippen LogP contribution < -0.4 is 5.32 Å². The first-order chi connectivity index (χ1) is 15.2. The third-order valence-corrected chi connectivity index (χ3v) is 5.44. The van der Waals surface area contributed by atoms with Gasteiger partial charge in [0.2, 0.25) is 0 Å². The van der Waals surface area contributed by atoms with E-state index >= 15 is 0 Å². The second-order valence-corrected chi connectivity index (χ2v) is 7.58. The van der Waals surface area contributed by atoms with Crippen LogP contribution in [0.3, 0.4) is 0 Å². The van der Waals surface area contributed by atoms with Crippen molar-refractivity contribution < 1.29 is 59.9 Å². The van der Waals surface area contributed by atoms with Crippen molar-refractivity contribution in [2.24, 2.45) is 0 Å². The van der Waals surface area contributed by atoms with E-state index in [-0.39, 0.29) is 5.56 Å². The molecule has 1 aromatic carbocycles. The minimum absolute atomic E-state index is 0.0434. The molecule has 2 fully saturated rings. The highest BCUT2D eigenvalue weighted by Crippen LogP contribution is 2.29. The van der Waals surface area contributed by atoms with Crippen molar-refractivity contribution in [1.29, 1.82) is 0 Å². The summed E-state index contributed by atoms with van der Waals surface area (Å²) >= 11 is 0. The van der Waals surface area contributed by atoms with Gasteiger partial charge in [0, 0.05) is 5.69 Å². The summed E-state index contributed by atoms with van der Waals surface area (Å²) in [5, 5.41) is 81.6. The molecule has 3 rings (SSSR count). The molecule has 0 aromatic heterocycles. The highest BCUT2D eigenvalue weighted by atomic mass is 16.7. The Morgan fingerprint density at radius 1 is 0.844 bits per heavy atom. The van der Waals surface area contributed by atoms with Gasteiger partial charge in [-0.1, -0.05) is 0 Å². The van der Waals surface area contributed by atoms with E-state index in [0.717, 1.165) is 0 Å². The number of rotatable bonds is 7. The lowest BCUT2D eigenvalue weighted by molar-refractivity contribution is -0.340. The van der Waals surface area contributed by atoms with Crippen LogP contribution in [0.4, 0.5) is 5.69 Å². The molecular weight excluding hydrogens is 434 g/mol. The van der Waals surface area contributed by atoms with Crippen molar-refractivity contribution in [2.45, 2.75) is 61.3 Å². The Hall–Kier alpha value is -1.91. The van der Waals surface area contributed by atoms with Gasteiger partial charge in [0.25, 0.3) is 0 Å². The zero-order chi connectivity index (χ0) is 23.6. The van der Waals surface area contributed by atoms with Gasteiger partial charge in [-0.2, -0.15) is 0 Å². The largest absolute Gasteiger partial charge is 0.478 e. The Bertz CT molecular complexity index is 759. The van der Waals surface area contributed by atoms with Crippen LogP contribution in [0.1, 0.15) is 10.4 Å². The van der Waals surface area contributed by atoms with Crippen molar-refractivity contribution in [3.8, 4) is 0 Å². The third-order valence-electron chi connectivity index (χ3n) is 5.44. The zero-order valence-corrected chi connectivity index (χ0v) is 16.7. The molecule has 0 amide bonds. The normalized spacial score (nSPS) is 40.1. The minimum Gasteiger partial charge on any atom is -0.478 e. The summed E-state index contributed by atoms with van der Waals surface area (Å²) < 4.78 is 16.3. The van der Waals surface area contributed by atoms with E-state index < -0.39 is 80.5 Å². The van der Waals surface area contributed by atoms with Gasteiger partial charge in [-0.15, -0.1) is 0 Å². The fourth-order valence-electron chi connectivity index (χ4n) is 3.58. The van der Waals surface area contributed by atoms with Crippen molar-refractivity contribution in [3.05, 3.63) is 29.8 Å². The number of aliphatic hydroxyl groups is 7. The van der Waals surface area contributed by atoms with Gasteiger partial charge in [-0.25, -0.2) is 4.79 Å². The van der Waals surface area contributed by atoms with Gasteiger partial charge in [-0.3, -0.25) is 0 Å². The fraction of sp³-hybridized carbons (Fsp3) is 0.632. The number of ether oxygens (including phenoxy) is 3. The summed E-state index contributed by atoms with van der Waals surface area (Å²) in [6, 6.07) is 5.50. The maximum absolute atomic E-state index is 10.9. The third kappa shape index (κ3) is 5.02. The van der Waals surface area contributed by atoms with E-state index in [1.54, 1.807) is 0 Å². The van der Waals surface area contributed by atoms with E-state index in [0.29, 0.717) is 5.69 Å². The molecule has 180 valence electrons. The first kappa shape index (κ1) is 24.7. The van der Waals surface area contributed by atoms with Crippen LogP contribution in [0.15, 0.2) is 24.3 Å². The van der Waals surface area contributed by atoms with E-state index in [9.17, 15) is 40.5 Å². The quantitative estimate of drug-likeness (QED) is 0.192. The van der Waals surface area contributed by atoms with Crippen LogP contribution >= 0.6 is 0 Å². The molecule has 0 bridgehead atoms. The van der Waals surface area contributed by atoms with Crippen LogP contribution in [0.5, 0.6) is 0 Å². The number of carboxylic acid groups (broad SMARTS) is 1. The Morgan fingerprint density at radius 2 is 1.47 bits per heavy atom. The maximum atomic E-state index is 10.9. The molecule has 0 aliphatic carbocycles. The maximum Gasteiger partial charge on any atom is 0.335 e. The monoisotopic (exact) mass is 461 g/mol. The number of aromatic carboxylic acids is 1. The van der Waals surface area contributed by atoms with Crippen LogP contribution in [0.25, 0.3) is 0 Å². The first-order valence-corrected chi connectivity index (χ1v) is 9.86. The molecule has 1 aromatic rings. The summed E-state index contributed by atoms with van der Waals surface area (Å²) in [4.78, 5) is 10.9. The molecule has 32 heavy (non-hydrogen) atoms.